The molecule has 0 fully saturated rings. The molecule has 0 saturated heterocycles. The standard InChI is InChI=1S/C19H38O3.C17H24O3/c1-2-3-4-5-6-7-8-9-10-11-12-13-14-15-16-17-18-22-19(20)21;1-10(15(19)20)12-8-11(16(2,3)4)9-13(14(12)18)17(5,6)7/h2-18H2,1H3,(H,20,21);8-9,18H,1H2,2-7H3,(H,19,20). The predicted octanol–water partition coefficient (Wildman–Crippen LogP) is 11.0. The molecule has 0 atom stereocenters. The molecule has 42 heavy (non-hydrogen) atoms. The van der Waals surface area contributed by atoms with Gasteiger partial charge in [-0.15, -0.1) is 0 Å². The van der Waals surface area contributed by atoms with E-state index in [1.165, 1.54) is 89.9 Å². The van der Waals surface area contributed by atoms with Crippen LogP contribution in [0, 0.1) is 0 Å². The maximum absolute atomic E-state index is 11.2. The van der Waals surface area contributed by atoms with E-state index >= 15 is 0 Å². The molecule has 6 heteroatoms. The number of aromatic hydroxyl groups is 1. The summed E-state index contributed by atoms with van der Waals surface area (Å²) < 4.78 is 4.48. The lowest BCUT2D eigenvalue weighted by atomic mass is 9.78. The third-order valence-corrected chi connectivity index (χ3v) is 7.59. The number of carboxylic acids is 1. The molecule has 1 aromatic carbocycles. The van der Waals surface area contributed by atoms with Crippen LogP contribution >= 0.6 is 0 Å². The number of hydrogen-bond donors (Lipinski definition) is 3. The fraction of sp³-hybridized carbons (Fsp3) is 0.722. The second kappa shape index (κ2) is 21.2. The topological polar surface area (TPSA) is 104 Å². The third kappa shape index (κ3) is 18.1. The molecule has 0 aliphatic carbocycles. The Morgan fingerprint density at radius 2 is 1.10 bits per heavy atom. The minimum atomic E-state index is -1.15. The van der Waals surface area contributed by atoms with Gasteiger partial charge >= 0.3 is 12.1 Å². The van der Waals surface area contributed by atoms with Crippen molar-refractivity contribution in [2.75, 3.05) is 6.61 Å². The van der Waals surface area contributed by atoms with Gasteiger partial charge in [0.15, 0.2) is 0 Å². The SMILES string of the molecule is C=C(C(=O)O)c1cc(C(C)(C)C)cc(C(C)(C)C)c1O.CCCCCCCCCCCCCCCCCCOC(=O)O. The van der Waals surface area contributed by atoms with Gasteiger partial charge in [-0.05, 0) is 28.9 Å². The predicted molar refractivity (Wildman–Crippen MR) is 176 cm³/mol. The number of aliphatic carboxylic acids is 1. The van der Waals surface area contributed by atoms with Gasteiger partial charge in [0.25, 0.3) is 0 Å². The van der Waals surface area contributed by atoms with Crippen molar-refractivity contribution in [1.29, 1.82) is 0 Å². The fourth-order valence-electron chi connectivity index (χ4n) is 4.79. The first kappa shape index (κ1) is 39.5. The fourth-order valence-corrected chi connectivity index (χ4v) is 4.79. The zero-order valence-corrected chi connectivity index (χ0v) is 27.9. The summed E-state index contributed by atoms with van der Waals surface area (Å²) in [7, 11) is 0. The van der Waals surface area contributed by atoms with Crippen molar-refractivity contribution >= 4 is 17.7 Å². The summed E-state index contributed by atoms with van der Waals surface area (Å²) in [5.74, 6) is -1.11. The molecule has 1 rings (SSSR count). The van der Waals surface area contributed by atoms with Crippen LogP contribution in [0.3, 0.4) is 0 Å². The number of rotatable bonds is 19. The first-order valence-electron chi connectivity index (χ1n) is 16.3. The Hall–Kier alpha value is -2.50. The lowest BCUT2D eigenvalue weighted by Gasteiger charge is -2.27. The molecule has 0 unspecified atom stereocenters. The molecule has 0 saturated carbocycles. The van der Waals surface area contributed by atoms with Crippen molar-refractivity contribution in [3.8, 4) is 5.75 Å². The van der Waals surface area contributed by atoms with Gasteiger partial charge in [-0.3, -0.25) is 0 Å². The lowest BCUT2D eigenvalue weighted by molar-refractivity contribution is -0.130. The third-order valence-electron chi connectivity index (χ3n) is 7.59. The highest BCUT2D eigenvalue weighted by Gasteiger charge is 2.26. The molecule has 3 N–H and O–H groups in total. The van der Waals surface area contributed by atoms with Crippen molar-refractivity contribution in [2.24, 2.45) is 0 Å². The van der Waals surface area contributed by atoms with Crippen LogP contribution in [0.1, 0.15) is 168 Å². The second-order valence-electron chi connectivity index (χ2n) is 13.6. The second-order valence-corrected chi connectivity index (χ2v) is 13.6. The minimum Gasteiger partial charge on any atom is -0.507 e. The molecule has 6 nitrogen and oxygen atoms in total. The highest BCUT2D eigenvalue weighted by molar-refractivity contribution is 6.15. The minimum absolute atomic E-state index is 0.0119. The van der Waals surface area contributed by atoms with Crippen LogP contribution in [-0.2, 0) is 20.4 Å². The Morgan fingerprint density at radius 1 is 0.690 bits per heavy atom. The molecule has 0 amide bonds. The van der Waals surface area contributed by atoms with Crippen LogP contribution in [0.2, 0.25) is 0 Å². The van der Waals surface area contributed by atoms with Crippen molar-refractivity contribution < 1.29 is 29.6 Å². The van der Waals surface area contributed by atoms with Gasteiger partial charge in [0, 0.05) is 11.1 Å². The van der Waals surface area contributed by atoms with E-state index < -0.39 is 12.1 Å². The molecule has 1 aromatic rings. The van der Waals surface area contributed by atoms with E-state index in [9.17, 15) is 14.7 Å². The lowest BCUT2D eigenvalue weighted by Crippen LogP contribution is -2.18. The molecular formula is C36H62O6. The monoisotopic (exact) mass is 590 g/mol. The number of phenols is 1. The van der Waals surface area contributed by atoms with Gasteiger partial charge < -0.3 is 20.1 Å². The highest BCUT2D eigenvalue weighted by Crippen LogP contribution is 2.39. The van der Waals surface area contributed by atoms with E-state index in [0.29, 0.717) is 12.2 Å². The normalized spacial score (nSPS) is 11.5. The van der Waals surface area contributed by atoms with Crippen LogP contribution in [0.4, 0.5) is 4.79 Å². The molecule has 0 aliphatic rings. The molecule has 0 spiro atoms. The first-order valence-corrected chi connectivity index (χ1v) is 16.3. The van der Waals surface area contributed by atoms with E-state index in [0.717, 1.165) is 24.0 Å². The summed E-state index contributed by atoms with van der Waals surface area (Å²) in [6.07, 6.45) is 20.1. The van der Waals surface area contributed by atoms with E-state index in [2.05, 4.69) is 39.0 Å². The number of carbonyl (C=O) groups is 2. The average molecular weight is 591 g/mol. The molecule has 0 aromatic heterocycles. The number of phenolic OH excluding ortho intramolecular Hbond substituents is 1. The maximum atomic E-state index is 11.2. The van der Waals surface area contributed by atoms with Crippen LogP contribution in [0.15, 0.2) is 18.7 Å². The average Bonchev–Trinajstić information content (AvgIpc) is 2.89. The number of ether oxygens (including phenoxy) is 1. The van der Waals surface area contributed by atoms with Crippen LogP contribution < -0.4 is 0 Å². The van der Waals surface area contributed by atoms with E-state index in [1.54, 1.807) is 6.07 Å². The van der Waals surface area contributed by atoms with Crippen molar-refractivity contribution in [3.63, 3.8) is 0 Å². The van der Waals surface area contributed by atoms with Gasteiger partial charge in [0.1, 0.15) is 5.75 Å². The Morgan fingerprint density at radius 3 is 1.43 bits per heavy atom. The molecule has 0 radical (unpaired) electrons. The summed E-state index contributed by atoms with van der Waals surface area (Å²) in [6.45, 7) is 18.3. The zero-order chi connectivity index (χ0) is 32.2. The smallest absolute Gasteiger partial charge is 0.505 e. The van der Waals surface area contributed by atoms with Gasteiger partial charge in [-0.1, -0.05) is 157 Å². The molecule has 0 aliphatic heterocycles. The first-order chi connectivity index (χ1) is 19.6. The molecule has 242 valence electrons. The number of hydrogen-bond acceptors (Lipinski definition) is 4. The van der Waals surface area contributed by atoms with Gasteiger partial charge in [0.2, 0.25) is 0 Å². The van der Waals surface area contributed by atoms with E-state index in [1.807, 2.05) is 26.8 Å². The van der Waals surface area contributed by atoms with E-state index in [4.69, 9.17) is 10.2 Å². The quantitative estimate of drug-likeness (QED) is 0.0841. The Bertz CT molecular complexity index is 920. The number of carboxylic acid groups (broad SMARTS) is 2. The Balaban J connectivity index is 0.000000803. The molecule has 0 bridgehead atoms. The van der Waals surface area contributed by atoms with Gasteiger partial charge in [-0.2, -0.15) is 0 Å². The van der Waals surface area contributed by atoms with Gasteiger partial charge in [0.05, 0.1) is 12.2 Å². The maximum Gasteiger partial charge on any atom is 0.505 e. The van der Waals surface area contributed by atoms with Crippen LogP contribution in [0.5, 0.6) is 5.75 Å². The number of benzene rings is 1. The van der Waals surface area contributed by atoms with Crippen molar-refractivity contribution in [3.05, 3.63) is 35.4 Å². The zero-order valence-electron chi connectivity index (χ0n) is 27.9. The van der Waals surface area contributed by atoms with E-state index in [-0.39, 0.29) is 22.2 Å². The van der Waals surface area contributed by atoms with Crippen LogP contribution in [0.25, 0.3) is 5.57 Å². The Labute approximate surface area is 257 Å². The molecule has 0 heterocycles. The summed E-state index contributed by atoms with van der Waals surface area (Å²) in [5.41, 5.74) is 1.52. The van der Waals surface area contributed by atoms with Crippen molar-refractivity contribution in [1.82, 2.24) is 0 Å². The summed E-state index contributed by atoms with van der Waals surface area (Å²) in [6, 6.07) is 3.68. The summed E-state index contributed by atoms with van der Waals surface area (Å²) in [5, 5.41) is 27.9. The van der Waals surface area contributed by atoms with Gasteiger partial charge in [-0.25, -0.2) is 9.59 Å². The largest absolute Gasteiger partial charge is 0.507 e. The Kier molecular flexibility index (Phi) is 20.0. The van der Waals surface area contributed by atoms with Crippen LogP contribution in [-0.4, -0.2) is 34.1 Å². The highest BCUT2D eigenvalue weighted by atomic mass is 16.7. The number of unbranched alkanes of at least 4 members (excludes halogenated alkanes) is 15. The van der Waals surface area contributed by atoms with Crippen molar-refractivity contribution in [2.45, 2.75) is 162 Å². The molecular weight excluding hydrogens is 528 g/mol. The summed E-state index contributed by atoms with van der Waals surface area (Å²) in [4.78, 5) is 21.3. The summed E-state index contributed by atoms with van der Waals surface area (Å²) >= 11 is 0.